The molecule has 4 nitrogen and oxygen atoms in total. The molecule has 1 fully saturated rings. The minimum Gasteiger partial charge on any atom is -0.468 e. The first kappa shape index (κ1) is 14.0. The van der Waals surface area contributed by atoms with Gasteiger partial charge in [0.25, 0.3) is 0 Å². The molecule has 17 heavy (non-hydrogen) atoms. The molecule has 1 saturated carbocycles. The number of esters is 1. The third-order valence-electron chi connectivity index (χ3n) is 3.66. The summed E-state index contributed by atoms with van der Waals surface area (Å²) < 4.78 is 4.68. The molecule has 0 spiro atoms. The third-order valence-corrected chi connectivity index (χ3v) is 3.66. The number of carbonyl (C=O) groups is 2. The second kappa shape index (κ2) is 6.62. The van der Waals surface area contributed by atoms with Crippen molar-refractivity contribution in [2.75, 3.05) is 14.2 Å². The van der Waals surface area contributed by atoms with Gasteiger partial charge in [-0.05, 0) is 19.3 Å². The van der Waals surface area contributed by atoms with Gasteiger partial charge >= 0.3 is 5.97 Å². The van der Waals surface area contributed by atoms with Crippen molar-refractivity contribution in [3.63, 3.8) is 0 Å². The third kappa shape index (κ3) is 3.45. The summed E-state index contributed by atoms with van der Waals surface area (Å²) >= 11 is 0. The first-order valence-electron chi connectivity index (χ1n) is 6.46. The summed E-state index contributed by atoms with van der Waals surface area (Å²) in [7, 11) is 3.14. The molecule has 4 heteroatoms. The van der Waals surface area contributed by atoms with Crippen molar-refractivity contribution in [3.8, 4) is 0 Å². The van der Waals surface area contributed by atoms with E-state index in [0.717, 1.165) is 12.8 Å². The first-order chi connectivity index (χ1) is 8.11. The monoisotopic (exact) mass is 241 g/mol. The van der Waals surface area contributed by atoms with Crippen molar-refractivity contribution < 1.29 is 14.3 Å². The quantitative estimate of drug-likeness (QED) is 0.558. The van der Waals surface area contributed by atoms with Gasteiger partial charge < -0.3 is 9.64 Å². The highest BCUT2D eigenvalue weighted by atomic mass is 16.5. The summed E-state index contributed by atoms with van der Waals surface area (Å²) in [5.41, 5.74) is 0. The molecule has 1 rings (SSSR count). The lowest BCUT2D eigenvalue weighted by atomic mass is 9.93. The predicted molar refractivity (Wildman–Crippen MR) is 65.4 cm³/mol. The fourth-order valence-corrected chi connectivity index (χ4v) is 2.48. The molecule has 98 valence electrons. The smallest absolute Gasteiger partial charge is 0.318 e. The maximum absolute atomic E-state index is 12.2. The zero-order valence-electron chi connectivity index (χ0n) is 11.1. The molecule has 0 N–H and O–H groups in total. The summed E-state index contributed by atoms with van der Waals surface area (Å²) in [6, 6.07) is 0.301. The van der Waals surface area contributed by atoms with Crippen LogP contribution in [0.1, 0.15) is 45.4 Å². The van der Waals surface area contributed by atoms with Crippen LogP contribution >= 0.6 is 0 Å². The molecule has 0 aromatic carbocycles. The van der Waals surface area contributed by atoms with E-state index in [2.05, 4.69) is 4.74 Å². The molecule has 1 aliphatic rings. The van der Waals surface area contributed by atoms with E-state index in [4.69, 9.17) is 0 Å². The Bertz CT molecular complexity index is 272. The van der Waals surface area contributed by atoms with E-state index in [9.17, 15) is 9.59 Å². The Morgan fingerprint density at radius 2 is 1.88 bits per heavy atom. The van der Waals surface area contributed by atoms with E-state index in [0.29, 0.717) is 12.5 Å². The normalized spacial score (nSPS) is 18.5. The van der Waals surface area contributed by atoms with Gasteiger partial charge in [-0.2, -0.15) is 0 Å². The Balaban J connectivity index is 2.62. The van der Waals surface area contributed by atoms with E-state index >= 15 is 0 Å². The minimum atomic E-state index is -0.632. The van der Waals surface area contributed by atoms with Crippen LogP contribution in [0.4, 0.5) is 0 Å². The standard InChI is InChI=1S/C13H23NO3/c1-4-11(13(16)17-3)12(15)14(2)10-8-6-5-7-9-10/h10-11H,4-9H2,1-3H3. The van der Waals surface area contributed by atoms with E-state index in [1.807, 2.05) is 14.0 Å². The minimum absolute atomic E-state index is 0.0914. The molecule has 0 saturated heterocycles. The molecule has 0 heterocycles. The van der Waals surface area contributed by atoms with Crippen molar-refractivity contribution in [3.05, 3.63) is 0 Å². The van der Waals surface area contributed by atoms with Gasteiger partial charge in [0.2, 0.25) is 5.91 Å². The number of carbonyl (C=O) groups excluding carboxylic acids is 2. The number of hydrogen-bond acceptors (Lipinski definition) is 3. The number of hydrogen-bond donors (Lipinski definition) is 0. The molecule has 1 atom stereocenters. The highest BCUT2D eigenvalue weighted by molar-refractivity contribution is 5.97. The molecule has 0 aliphatic heterocycles. The van der Waals surface area contributed by atoms with E-state index in [1.54, 1.807) is 4.90 Å². The lowest BCUT2D eigenvalue weighted by Gasteiger charge is -2.32. The SMILES string of the molecule is CCC(C(=O)OC)C(=O)N(C)C1CCCCC1. The van der Waals surface area contributed by atoms with Crippen LogP contribution in [0.3, 0.4) is 0 Å². The molecular formula is C13H23NO3. The van der Waals surface area contributed by atoms with E-state index in [-0.39, 0.29) is 5.91 Å². The van der Waals surface area contributed by atoms with Crippen LogP contribution in [0.15, 0.2) is 0 Å². The van der Waals surface area contributed by atoms with Crippen molar-refractivity contribution in [1.29, 1.82) is 0 Å². The fourth-order valence-electron chi connectivity index (χ4n) is 2.48. The zero-order valence-corrected chi connectivity index (χ0v) is 11.1. The van der Waals surface area contributed by atoms with Crippen LogP contribution in [0.5, 0.6) is 0 Å². The maximum Gasteiger partial charge on any atom is 0.318 e. The molecule has 0 radical (unpaired) electrons. The molecule has 1 aliphatic carbocycles. The van der Waals surface area contributed by atoms with Gasteiger partial charge in [-0.25, -0.2) is 0 Å². The average Bonchev–Trinajstić information content (AvgIpc) is 2.39. The van der Waals surface area contributed by atoms with Crippen LogP contribution < -0.4 is 0 Å². The van der Waals surface area contributed by atoms with Gasteiger partial charge in [0, 0.05) is 13.1 Å². The lowest BCUT2D eigenvalue weighted by Crippen LogP contribution is -2.43. The number of amides is 1. The Labute approximate surface area is 103 Å². The molecule has 1 amide bonds. The highest BCUT2D eigenvalue weighted by Crippen LogP contribution is 2.23. The number of ether oxygens (including phenoxy) is 1. The summed E-state index contributed by atoms with van der Waals surface area (Å²) in [6.45, 7) is 1.84. The molecule has 0 bridgehead atoms. The van der Waals surface area contributed by atoms with Crippen LogP contribution in [-0.2, 0) is 14.3 Å². The highest BCUT2D eigenvalue weighted by Gasteiger charge is 2.31. The number of methoxy groups -OCH3 is 1. The van der Waals surface area contributed by atoms with E-state index in [1.165, 1.54) is 26.4 Å². The number of nitrogens with zero attached hydrogens (tertiary/aromatic N) is 1. The Hall–Kier alpha value is -1.06. The van der Waals surface area contributed by atoms with Gasteiger partial charge in [-0.3, -0.25) is 9.59 Å². The summed E-state index contributed by atoms with van der Waals surface area (Å²) in [5, 5.41) is 0. The maximum atomic E-state index is 12.2. The van der Waals surface area contributed by atoms with Gasteiger partial charge in [0.05, 0.1) is 7.11 Å². The Kier molecular flexibility index (Phi) is 5.45. The van der Waals surface area contributed by atoms with Crippen LogP contribution in [0, 0.1) is 5.92 Å². The Morgan fingerprint density at radius 3 is 2.35 bits per heavy atom. The second-order valence-electron chi connectivity index (χ2n) is 4.72. The first-order valence-corrected chi connectivity index (χ1v) is 6.46. The van der Waals surface area contributed by atoms with E-state index < -0.39 is 11.9 Å². The lowest BCUT2D eigenvalue weighted by molar-refractivity contribution is -0.154. The van der Waals surface area contributed by atoms with Gasteiger partial charge in [-0.1, -0.05) is 26.2 Å². The van der Waals surface area contributed by atoms with Crippen LogP contribution in [0.25, 0.3) is 0 Å². The largest absolute Gasteiger partial charge is 0.468 e. The van der Waals surface area contributed by atoms with Crippen molar-refractivity contribution in [2.45, 2.75) is 51.5 Å². The van der Waals surface area contributed by atoms with Gasteiger partial charge in [0.15, 0.2) is 0 Å². The average molecular weight is 241 g/mol. The number of rotatable bonds is 4. The van der Waals surface area contributed by atoms with Crippen LogP contribution in [-0.4, -0.2) is 37.0 Å². The van der Waals surface area contributed by atoms with Gasteiger partial charge in [-0.15, -0.1) is 0 Å². The second-order valence-corrected chi connectivity index (χ2v) is 4.72. The Morgan fingerprint density at radius 1 is 1.29 bits per heavy atom. The molecule has 1 unspecified atom stereocenters. The van der Waals surface area contributed by atoms with Crippen molar-refractivity contribution in [2.24, 2.45) is 5.92 Å². The summed E-state index contributed by atoms with van der Waals surface area (Å²) in [4.78, 5) is 25.5. The zero-order chi connectivity index (χ0) is 12.8. The molecule has 0 aromatic heterocycles. The molecular weight excluding hydrogens is 218 g/mol. The van der Waals surface area contributed by atoms with Gasteiger partial charge in [0.1, 0.15) is 5.92 Å². The molecule has 0 aromatic rings. The van der Waals surface area contributed by atoms with Crippen LogP contribution in [0.2, 0.25) is 0 Å². The summed E-state index contributed by atoms with van der Waals surface area (Å²) in [6.07, 6.45) is 6.23. The summed E-state index contributed by atoms with van der Waals surface area (Å²) in [5.74, 6) is -1.14. The fraction of sp³-hybridized carbons (Fsp3) is 0.846. The van der Waals surface area contributed by atoms with Crippen molar-refractivity contribution >= 4 is 11.9 Å². The topological polar surface area (TPSA) is 46.6 Å². The predicted octanol–water partition coefficient (Wildman–Crippen LogP) is 1.98. The van der Waals surface area contributed by atoms with Crippen molar-refractivity contribution in [1.82, 2.24) is 4.90 Å².